The van der Waals surface area contributed by atoms with Crippen LogP contribution in [0.2, 0.25) is 0 Å². The topological polar surface area (TPSA) is 72.4 Å². The summed E-state index contributed by atoms with van der Waals surface area (Å²) in [6.07, 6.45) is 3.11. The Hall–Kier alpha value is -2.06. The van der Waals surface area contributed by atoms with Gasteiger partial charge in [-0.3, -0.25) is 0 Å². The maximum atomic E-state index is 12.9. The Balaban J connectivity index is 1.66. The lowest BCUT2D eigenvalue weighted by Crippen LogP contribution is -2.44. The largest absolute Gasteiger partial charge is 0.459 e. The standard InChI is InChI=1S/C17H20FN3O3S/c1-13-4-2-5-14(8-13)12-25(22,23)21-7-3-6-16(11-21)24-17-19-9-15(18)10-20-17/h2,4-5,8-10,16H,3,6-7,11-12H2,1H3. The molecule has 25 heavy (non-hydrogen) atoms. The molecular formula is C17H20FN3O3S. The minimum Gasteiger partial charge on any atom is -0.459 e. The average Bonchev–Trinajstić information content (AvgIpc) is 2.57. The molecule has 0 amide bonds. The predicted molar refractivity (Wildman–Crippen MR) is 91.0 cm³/mol. The van der Waals surface area contributed by atoms with E-state index >= 15 is 0 Å². The first-order valence-corrected chi connectivity index (χ1v) is 9.71. The molecule has 1 aliphatic rings. The van der Waals surface area contributed by atoms with Gasteiger partial charge < -0.3 is 4.74 Å². The number of nitrogens with zero attached hydrogens (tertiary/aromatic N) is 3. The van der Waals surface area contributed by atoms with E-state index in [1.54, 1.807) is 0 Å². The highest BCUT2D eigenvalue weighted by Crippen LogP contribution is 2.20. The SMILES string of the molecule is Cc1cccc(CS(=O)(=O)N2CCCC(Oc3ncc(F)cn3)C2)c1. The van der Waals surface area contributed by atoms with Crippen LogP contribution in [0.25, 0.3) is 0 Å². The highest BCUT2D eigenvalue weighted by atomic mass is 32.2. The number of ether oxygens (including phenoxy) is 1. The Bertz CT molecular complexity index is 827. The maximum Gasteiger partial charge on any atom is 0.316 e. The van der Waals surface area contributed by atoms with Crippen molar-refractivity contribution in [2.24, 2.45) is 0 Å². The van der Waals surface area contributed by atoms with E-state index in [1.165, 1.54) is 4.31 Å². The van der Waals surface area contributed by atoms with Gasteiger partial charge >= 0.3 is 6.01 Å². The number of halogens is 1. The van der Waals surface area contributed by atoms with Gasteiger partial charge in [0.2, 0.25) is 10.0 Å². The molecule has 1 aliphatic heterocycles. The zero-order chi connectivity index (χ0) is 17.9. The van der Waals surface area contributed by atoms with Crippen LogP contribution in [0.3, 0.4) is 0 Å². The van der Waals surface area contributed by atoms with Crippen LogP contribution in [0.4, 0.5) is 4.39 Å². The van der Waals surface area contributed by atoms with Crippen molar-refractivity contribution < 1.29 is 17.5 Å². The van der Waals surface area contributed by atoms with Crippen molar-refractivity contribution in [3.05, 3.63) is 53.6 Å². The summed E-state index contributed by atoms with van der Waals surface area (Å²) in [7, 11) is -3.43. The summed E-state index contributed by atoms with van der Waals surface area (Å²) in [5, 5.41) is 0. The fourth-order valence-corrected chi connectivity index (χ4v) is 4.45. The molecule has 0 radical (unpaired) electrons. The first-order chi connectivity index (χ1) is 11.9. The molecule has 8 heteroatoms. The van der Waals surface area contributed by atoms with Crippen LogP contribution in [-0.2, 0) is 15.8 Å². The normalized spacial score (nSPS) is 18.9. The molecule has 6 nitrogen and oxygen atoms in total. The molecule has 2 aromatic rings. The first-order valence-electron chi connectivity index (χ1n) is 8.10. The summed E-state index contributed by atoms with van der Waals surface area (Å²) in [6.45, 7) is 2.65. The summed E-state index contributed by atoms with van der Waals surface area (Å²) in [5.74, 6) is -0.576. The van der Waals surface area contributed by atoms with Crippen molar-refractivity contribution in [3.63, 3.8) is 0 Å². The minimum absolute atomic E-state index is 0.0333. The number of hydrogen-bond acceptors (Lipinski definition) is 5. The van der Waals surface area contributed by atoms with E-state index in [4.69, 9.17) is 4.74 Å². The van der Waals surface area contributed by atoms with Gasteiger partial charge in [-0.1, -0.05) is 29.8 Å². The van der Waals surface area contributed by atoms with E-state index in [2.05, 4.69) is 9.97 Å². The van der Waals surface area contributed by atoms with Crippen LogP contribution in [0.15, 0.2) is 36.7 Å². The zero-order valence-electron chi connectivity index (χ0n) is 13.9. The fourth-order valence-electron chi connectivity index (χ4n) is 2.87. The Morgan fingerprint density at radius 1 is 1.32 bits per heavy atom. The number of aromatic nitrogens is 2. The van der Waals surface area contributed by atoms with Crippen LogP contribution < -0.4 is 4.74 Å². The summed E-state index contributed by atoms with van der Waals surface area (Å²) in [6, 6.07) is 7.54. The van der Waals surface area contributed by atoms with Gasteiger partial charge in [-0.2, -0.15) is 4.31 Å². The molecule has 0 aliphatic carbocycles. The third-order valence-electron chi connectivity index (χ3n) is 4.03. The van der Waals surface area contributed by atoms with Gasteiger partial charge in [-0.15, -0.1) is 0 Å². The molecule has 2 heterocycles. The second-order valence-electron chi connectivity index (χ2n) is 6.17. The van der Waals surface area contributed by atoms with Gasteiger partial charge in [0, 0.05) is 6.54 Å². The monoisotopic (exact) mass is 365 g/mol. The number of rotatable bonds is 5. The molecule has 1 aromatic carbocycles. The van der Waals surface area contributed by atoms with Crippen molar-refractivity contribution in [2.75, 3.05) is 13.1 Å². The number of piperidine rings is 1. The van der Waals surface area contributed by atoms with Crippen LogP contribution >= 0.6 is 0 Å². The molecule has 1 unspecified atom stereocenters. The number of sulfonamides is 1. The molecule has 0 saturated carbocycles. The van der Waals surface area contributed by atoms with Crippen LogP contribution in [0, 0.1) is 12.7 Å². The van der Waals surface area contributed by atoms with Gasteiger partial charge in [0.25, 0.3) is 0 Å². The van der Waals surface area contributed by atoms with E-state index in [0.29, 0.717) is 19.4 Å². The first kappa shape index (κ1) is 17.8. The highest BCUT2D eigenvalue weighted by molar-refractivity contribution is 7.88. The van der Waals surface area contributed by atoms with Crippen molar-refractivity contribution in [1.29, 1.82) is 0 Å². The molecule has 0 bridgehead atoms. The molecule has 1 atom stereocenters. The van der Waals surface area contributed by atoms with Gasteiger partial charge in [0.05, 0.1) is 24.7 Å². The molecule has 0 N–H and O–H groups in total. The highest BCUT2D eigenvalue weighted by Gasteiger charge is 2.30. The lowest BCUT2D eigenvalue weighted by Gasteiger charge is -2.31. The van der Waals surface area contributed by atoms with E-state index in [-0.39, 0.29) is 24.4 Å². The molecular weight excluding hydrogens is 345 g/mol. The van der Waals surface area contributed by atoms with Crippen molar-refractivity contribution in [1.82, 2.24) is 14.3 Å². The smallest absolute Gasteiger partial charge is 0.316 e. The van der Waals surface area contributed by atoms with E-state index in [1.807, 2.05) is 31.2 Å². The number of benzene rings is 1. The minimum atomic E-state index is -3.43. The van der Waals surface area contributed by atoms with Crippen LogP contribution in [-0.4, -0.2) is 41.9 Å². The maximum absolute atomic E-state index is 12.9. The predicted octanol–water partition coefficient (Wildman–Crippen LogP) is 2.30. The second kappa shape index (κ2) is 7.45. The second-order valence-corrected chi connectivity index (χ2v) is 8.14. The van der Waals surface area contributed by atoms with Gasteiger partial charge in [0.1, 0.15) is 6.10 Å². The van der Waals surface area contributed by atoms with E-state index in [9.17, 15) is 12.8 Å². The average molecular weight is 365 g/mol. The van der Waals surface area contributed by atoms with Gasteiger partial charge in [-0.05, 0) is 25.3 Å². The number of aryl methyl sites for hydroxylation is 1. The van der Waals surface area contributed by atoms with Gasteiger partial charge in [-0.25, -0.2) is 22.8 Å². The molecule has 3 rings (SSSR count). The van der Waals surface area contributed by atoms with Crippen LogP contribution in [0.5, 0.6) is 6.01 Å². The molecule has 0 spiro atoms. The fraction of sp³-hybridized carbons (Fsp3) is 0.412. The van der Waals surface area contributed by atoms with Crippen molar-refractivity contribution in [3.8, 4) is 6.01 Å². The Labute approximate surface area is 146 Å². The van der Waals surface area contributed by atoms with Crippen molar-refractivity contribution in [2.45, 2.75) is 31.6 Å². The van der Waals surface area contributed by atoms with Crippen LogP contribution in [0.1, 0.15) is 24.0 Å². The summed E-state index contributed by atoms with van der Waals surface area (Å²) in [5.41, 5.74) is 1.80. The van der Waals surface area contributed by atoms with Crippen molar-refractivity contribution >= 4 is 10.0 Å². The Kier molecular flexibility index (Phi) is 5.29. The summed E-state index contributed by atoms with van der Waals surface area (Å²) >= 11 is 0. The molecule has 1 aromatic heterocycles. The zero-order valence-corrected chi connectivity index (χ0v) is 14.7. The summed E-state index contributed by atoms with van der Waals surface area (Å²) < 4.78 is 45.3. The Morgan fingerprint density at radius 3 is 2.80 bits per heavy atom. The lowest BCUT2D eigenvalue weighted by atomic mass is 10.1. The third kappa shape index (κ3) is 4.73. The number of hydrogen-bond donors (Lipinski definition) is 0. The van der Waals surface area contributed by atoms with E-state index < -0.39 is 15.8 Å². The third-order valence-corrected chi connectivity index (χ3v) is 5.85. The lowest BCUT2D eigenvalue weighted by molar-refractivity contribution is 0.119. The molecule has 134 valence electrons. The molecule has 1 saturated heterocycles. The molecule has 1 fully saturated rings. The van der Waals surface area contributed by atoms with E-state index in [0.717, 1.165) is 23.5 Å². The van der Waals surface area contributed by atoms with Gasteiger partial charge in [0.15, 0.2) is 5.82 Å². The summed E-state index contributed by atoms with van der Waals surface area (Å²) in [4.78, 5) is 7.52. The quantitative estimate of drug-likeness (QED) is 0.813. The Morgan fingerprint density at radius 2 is 2.08 bits per heavy atom.